The third-order valence-electron chi connectivity index (χ3n) is 12.2. The van der Waals surface area contributed by atoms with Crippen LogP contribution in [0.2, 0.25) is 19.1 Å². The normalized spacial score (nSPS) is 21.6. The molecule has 374 valence electrons. The smallest absolute Gasteiger partial charge is 0.407 e. The molecule has 2 aliphatic heterocycles. The number of hydrogen-bond acceptors (Lipinski definition) is 10. The minimum Gasteiger partial charge on any atom is -0.462 e. The number of fused-ring (bicyclic) bond motifs is 1. The number of carbonyl (C=O) groups is 3. The van der Waals surface area contributed by atoms with Crippen molar-refractivity contribution >= 4 is 61.2 Å². The molecule has 7 atom stereocenters. The van der Waals surface area contributed by atoms with Gasteiger partial charge in [0, 0.05) is 12.0 Å². The number of halogens is 3. The Kier molecular flexibility index (Phi) is 29.3. The van der Waals surface area contributed by atoms with Crippen LogP contribution in [0.5, 0.6) is 0 Å². The van der Waals surface area contributed by atoms with E-state index in [2.05, 4.69) is 39.2 Å². The Hall–Kier alpha value is -1.64. The Morgan fingerprint density at radius 1 is 0.738 bits per heavy atom. The maximum absolute atomic E-state index is 14.3. The monoisotopic (exact) mass is 991 g/mol. The molecule has 1 N–H and O–H groups in total. The molecule has 65 heavy (non-hydrogen) atoms. The van der Waals surface area contributed by atoms with Gasteiger partial charge in [0.2, 0.25) is 3.79 Å². The van der Waals surface area contributed by atoms with E-state index in [4.69, 9.17) is 67.7 Å². The van der Waals surface area contributed by atoms with Crippen LogP contribution in [0.25, 0.3) is 0 Å². The number of alkyl carbamates (subject to hydrolysis) is 1. The molecular weight excluding hydrogens is 909 g/mol. The first kappa shape index (κ1) is 57.7. The first-order valence-electron chi connectivity index (χ1n) is 25.3. The van der Waals surface area contributed by atoms with Gasteiger partial charge < -0.3 is 38.2 Å². The molecule has 0 unspecified atom stereocenters. The van der Waals surface area contributed by atoms with Crippen molar-refractivity contribution in [3.63, 3.8) is 0 Å². The van der Waals surface area contributed by atoms with Crippen LogP contribution >= 0.6 is 34.8 Å². The van der Waals surface area contributed by atoms with Gasteiger partial charge in [0.15, 0.2) is 27.0 Å². The second-order valence-electron chi connectivity index (χ2n) is 18.7. The predicted molar refractivity (Wildman–Crippen MR) is 263 cm³/mol. The molecule has 0 bridgehead atoms. The SMILES string of the molecule is CCCCCCCCCCCC(=O)O[C@H](CCCCCCCCCCC)CC(=O)O[C@@H]1[C@@H](NC(=O)OCC(Cl)(Cl)Cl)[C@H](O[Si](C)(C)CCCCCC)O[C@@H]2CO[C@@H](c3ccccc3)O[C@@H]12. The molecule has 0 spiro atoms. The molecule has 1 aromatic carbocycles. The van der Waals surface area contributed by atoms with Crippen LogP contribution in [0.15, 0.2) is 30.3 Å². The minimum atomic E-state index is -2.44. The number of esters is 2. The van der Waals surface area contributed by atoms with Gasteiger partial charge in [-0.05, 0) is 38.4 Å². The number of carbonyl (C=O) groups excluding carboxylic acids is 3. The average molecular weight is 994 g/mol. The van der Waals surface area contributed by atoms with Crippen molar-refractivity contribution in [3.8, 4) is 0 Å². The molecule has 0 aliphatic carbocycles. The maximum Gasteiger partial charge on any atom is 0.407 e. The largest absolute Gasteiger partial charge is 0.462 e. The van der Waals surface area contributed by atoms with Gasteiger partial charge in [0.05, 0.1) is 13.0 Å². The summed E-state index contributed by atoms with van der Waals surface area (Å²) in [6.45, 7) is 10.4. The molecule has 2 saturated heterocycles. The van der Waals surface area contributed by atoms with Gasteiger partial charge in [-0.25, -0.2) is 4.79 Å². The van der Waals surface area contributed by atoms with Crippen LogP contribution in [0.4, 0.5) is 4.79 Å². The zero-order valence-electron chi connectivity index (χ0n) is 40.4. The summed E-state index contributed by atoms with van der Waals surface area (Å²) in [5.74, 6) is -0.905. The molecule has 0 aromatic heterocycles. The van der Waals surface area contributed by atoms with E-state index in [0.717, 1.165) is 82.2 Å². The summed E-state index contributed by atoms with van der Waals surface area (Å²) in [4.78, 5) is 41.1. The Morgan fingerprint density at radius 3 is 1.88 bits per heavy atom. The highest BCUT2D eigenvalue weighted by Crippen LogP contribution is 2.38. The van der Waals surface area contributed by atoms with Gasteiger partial charge in [-0.3, -0.25) is 9.59 Å². The molecule has 1 aromatic rings. The Balaban J connectivity index is 1.83. The van der Waals surface area contributed by atoms with Crippen LogP contribution in [-0.2, 0) is 42.4 Å². The molecule has 2 heterocycles. The van der Waals surface area contributed by atoms with E-state index in [-0.39, 0.29) is 19.0 Å². The van der Waals surface area contributed by atoms with Crippen molar-refractivity contribution in [2.45, 2.75) is 247 Å². The number of unbranched alkanes of at least 4 members (excludes halogenated alkanes) is 19. The van der Waals surface area contributed by atoms with Gasteiger partial charge in [0.1, 0.15) is 31.0 Å². The third kappa shape index (κ3) is 25.0. The molecule has 3 rings (SSSR count). The first-order valence-corrected chi connectivity index (χ1v) is 29.5. The number of rotatable bonds is 34. The quantitative estimate of drug-likeness (QED) is 0.0234. The fourth-order valence-electron chi connectivity index (χ4n) is 8.52. The van der Waals surface area contributed by atoms with E-state index in [0.29, 0.717) is 12.8 Å². The fraction of sp³-hybridized carbons (Fsp3) is 0.820. The summed E-state index contributed by atoms with van der Waals surface area (Å²) in [5, 5.41) is 2.84. The number of amides is 1. The van der Waals surface area contributed by atoms with Crippen LogP contribution in [-0.4, -0.2) is 80.1 Å². The lowest BCUT2D eigenvalue weighted by atomic mass is 9.95. The number of benzene rings is 1. The van der Waals surface area contributed by atoms with Gasteiger partial charge in [0.25, 0.3) is 0 Å². The minimum absolute atomic E-state index is 0.110. The Morgan fingerprint density at radius 2 is 1.29 bits per heavy atom. The molecule has 0 saturated carbocycles. The van der Waals surface area contributed by atoms with E-state index in [1.165, 1.54) is 70.6 Å². The fourth-order valence-corrected chi connectivity index (χ4v) is 10.7. The van der Waals surface area contributed by atoms with Gasteiger partial charge in [-0.15, -0.1) is 0 Å². The van der Waals surface area contributed by atoms with E-state index >= 15 is 0 Å². The molecule has 1 amide bonds. The molecule has 15 heteroatoms. The summed E-state index contributed by atoms with van der Waals surface area (Å²) < 4.78 is 42.1. The number of alkyl halides is 3. The van der Waals surface area contributed by atoms with Crippen molar-refractivity contribution in [2.75, 3.05) is 13.2 Å². The van der Waals surface area contributed by atoms with Crippen LogP contribution in [0, 0.1) is 0 Å². The van der Waals surface area contributed by atoms with E-state index in [9.17, 15) is 14.4 Å². The third-order valence-corrected chi connectivity index (χ3v) is 15.0. The van der Waals surface area contributed by atoms with Crippen molar-refractivity contribution in [2.24, 2.45) is 0 Å². The topological polar surface area (TPSA) is 128 Å². The number of ether oxygens (including phenoxy) is 6. The average Bonchev–Trinajstić information content (AvgIpc) is 3.26. The van der Waals surface area contributed by atoms with Crippen molar-refractivity contribution in [3.05, 3.63) is 35.9 Å². The Bertz CT molecular complexity index is 1440. The highest BCUT2D eigenvalue weighted by atomic mass is 35.6. The summed E-state index contributed by atoms with van der Waals surface area (Å²) in [5.41, 5.74) is 0.765. The lowest BCUT2D eigenvalue weighted by molar-refractivity contribution is -0.336. The maximum atomic E-state index is 14.3. The molecular formula is C50H84Cl3NO10Si. The van der Waals surface area contributed by atoms with Gasteiger partial charge in [-0.1, -0.05) is 214 Å². The predicted octanol–water partition coefficient (Wildman–Crippen LogP) is 14.1. The highest BCUT2D eigenvalue weighted by molar-refractivity contribution is 6.71. The zero-order valence-corrected chi connectivity index (χ0v) is 43.7. The molecule has 0 radical (unpaired) electrons. The summed E-state index contributed by atoms with van der Waals surface area (Å²) in [6.07, 6.45) is 19.3. The second kappa shape index (κ2) is 33.0. The molecule has 11 nitrogen and oxygen atoms in total. The van der Waals surface area contributed by atoms with Crippen LogP contribution in [0.3, 0.4) is 0 Å². The van der Waals surface area contributed by atoms with E-state index in [1.807, 2.05) is 30.3 Å². The van der Waals surface area contributed by atoms with Crippen molar-refractivity contribution in [1.29, 1.82) is 0 Å². The number of nitrogens with one attached hydrogen (secondary N) is 1. The molecule has 2 fully saturated rings. The van der Waals surface area contributed by atoms with Crippen LogP contribution in [0.1, 0.15) is 193 Å². The number of hydrogen-bond donors (Lipinski definition) is 1. The lowest BCUT2D eigenvalue weighted by Gasteiger charge is -2.50. The second-order valence-corrected chi connectivity index (χ2v) is 25.5. The summed E-state index contributed by atoms with van der Waals surface area (Å²) >= 11 is 17.8. The van der Waals surface area contributed by atoms with E-state index in [1.54, 1.807) is 0 Å². The standard InChI is InChI=1S/C50H84Cl3NO10Si/c1-6-9-12-15-17-19-21-23-28-33-40(60-42(55)34-29-24-22-20-18-16-13-10-7-2)36-43(56)62-46-44(54-49(57)59-38-50(51,52)53)48(64-65(4,5)35-30-14-11-8-3)61-41-37-58-47(63-45(41)46)39-31-26-25-27-32-39/h25-27,31-32,40-41,44-48H,6-24,28-30,33-38H2,1-5H3,(H,54,57)/t40-,41-,44-,45-,46-,47-,48+/m1/s1. The van der Waals surface area contributed by atoms with Gasteiger partial charge in [-0.2, -0.15) is 0 Å². The van der Waals surface area contributed by atoms with Crippen molar-refractivity contribution < 1.29 is 47.2 Å². The summed E-state index contributed by atoms with van der Waals surface area (Å²) in [7, 11) is -2.44. The van der Waals surface area contributed by atoms with Crippen LogP contribution < -0.4 is 5.32 Å². The molecule has 2 aliphatic rings. The lowest BCUT2D eigenvalue weighted by Crippen LogP contribution is -2.69. The first-order chi connectivity index (χ1) is 31.2. The van der Waals surface area contributed by atoms with E-state index < -0.39 is 73.8 Å². The summed E-state index contributed by atoms with van der Waals surface area (Å²) in [6, 6.07) is 9.20. The van der Waals surface area contributed by atoms with Gasteiger partial charge >= 0.3 is 18.0 Å². The Labute approximate surface area is 408 Å². The van der Waals surface area contributed by atoms with Crippen molar-refractivity contribution in [1.82, 2.24) is 5.32 Å². The highest BCUT2D eigenvalue weighted by Gasteiger charge is 2.54. The zero-order chi connectivity index (χ0) is 47.3.